The van der Waals surface area contributed by atoms with Gasteiger partial charge in [-0.3, -0.25) is 0 Å². The van der Waals surface area contributed by atoms with Crippen molar-refractivity contribution in [2.24, 2.45) is 0 Å². The summed E-state index contributed by atoms with van der Waals surface area (Å²) >= 11 is 0. The molecule has 14 heavy (non-hydrogen) atoms. The van der Waals surface area contributed by atoms with Crippen molar-refractivity contribution in [2.75, 3.05) is 0 Å². The third-order valence-corrected chi connectivity index (χ3v) is 1.96. The minimum absolute atomic E-state index is 0.255. The molecule has 0 aliphatic heterocycles. The standard InChI is InChI=1S/C9H12.C4H8O/c1-8(2)9-6-4-3-5-7-9;1-3-4(2)5/h3-8H,1-2H3;3H2,1-2H3. The molecule has 0 amide bonds. The molecular formula is C13H20O. The first-order chi connectivity index (χ1) is 6.57. The van der Waals surface area contributed by atoms with Gasteiger partial charge in [-0.05, 0) is 18.4 Å². The zero-order chi connectivity index (χ0) is 11.0. The van der Waals surface area contributed by atoms with Crippen LogP contribution in [0.5, 0.6) is 0 Å². The molecule has 0 heterocycles. The predicted octanol–water partition coefficient (Wildman–Crippen LogP) is 3.80. The van der Waals surface area contributed by atoms with Crippen LogP contribution in [-0.2, 0) is 4.79 Å². The van der Waals surface area contributed by atoms with Crippen LogP contribution in [0.1, 0.15) is 45.6 Å². The lowest BCUT2D eigenvalue weighted by atomic mass is 10.0. The van der Waals surface area contributed by atoms with E-state index < -0.39 is 0 Å². The van der Waals surface area contributed by atoms with Crippen LogP contribution in [0.4, 0.5) is 0 Å². The Balaban J connectivity index is 0.000000292. The quantitative estimate of drug-likeness (QED) is 0.696. The number of rotatable bonds is 2. The van der Waals surface area contributed by atoms with Gasteiger partial charge in [-0.2, -0.15) is 0 Å². The van der Waals surface area contributed by atoms with Crippen LogP contribution in [0.25, 0.3) is 0 Å². The second-order valence-electron chi connectivity index (χ2n) is 3.62. The van der Waals surface area contributed by atoms with Crippen LogP contribution < -0.4 is 0 Å². The molecule has 0 unspecified atom stereocenters. The highest BCUT2D eigenvalue weighted by molar-refractivity contribution is 5.74. The lowest BCUT2D eigenvalue weighted by Gasteiger charge is -2.01. The molecule has 1 nitrogen and oxygen atoms in total. The van der Waals surface area contributed by atoms with Crippen molar-refractivity contribution in [3.8, 4) is 0 Å². The monoisotopic (exact) mass is 192 g/mol. The van der Waals surface area contributed by atoms with Gasteiger partial charge in [0.05, 0.1) is 0 Å². The Hall–Kier alpha value is -1.11. The molecule has 1 rings (SSSR count). The summed E-state index contributed by atoms with van der Waals surface area (Å²) in [6.07, 6.45) is 0.667. The van der Waals surface area contributed by atoms with E-state index >= 15 is 0 Å². The Labute approximate surface area is 87.2 Å². The van der Waals surface area contributed by atoms with E-state index in [2.05, 4.69) is 38.1 Å². The van der Waals surface area contributed by atoms with Crippen LogP contribution >= 0.6 is 0 Å². The van der Waals surface area contributed by atoms with E-state index in [-0.39, 0.29) is 5.78 Å². The molecule has 78 valence electrons. The number of hydrogen-bond acceptors (Lipinski definition) is 1. The minimum Gasteiger partial charge on any atom is -0.300 e. The van der Waals surface area contributed by atoms with Gasteiger partial charge in [0.15, 0.2) is 0 Å². The molecule has 0 saturated heterocycles. The maximum absolute atomic E-state index is 9.81. The zero-order valence-electron chi connectivity index (χ0n) is 9.58. The third-order valence-electron chi connectivity index (χ3n) is 1.96. The molecule has 1 aromatic carbocycles. The Bertz CT molecular complexity index is 249. The van der Waals surface area contributed by atoms with E-state index in [1.165, 1.54) is 5.56 Å². The molecule has 0 spiro atoms. The summed E-state index contributed by atoms with van der Waals surface area (Å²) in [6.45, 7) is 7.84. The summed E-state index contributed by atoms with van der Waals surface area (Å²) in [4.78, 5) is 9.81. The van der Waals surface area contributed by atoms with Crippen LogP contribution in [0, 0.1) is 0 Å². The van der Waals surface area contributed by atoms with Gasteiger partial charge in [0, 0.05) is 6.42 Å². The second kappa shape index (κ2) is 7.31. The molecule has 0 aliphatic carbocycles. The van der Waals surface area contributed by atoms with E-state index in [4.69, 9.17) is 0 Å². The first kappa shape index (κ1) is 12.9. The van der Waals surface area contributed by atoms with Crippen LogP contribution in [-0.4, -0.2) is 5.78 Å². The fourth-order valence-electron chi connectivity index (χ4n) is 0.838. The predicted molar refractivity (Wildman–Crippen MR) is 61.5 cm³/mol. The smallest absolute Gasteiger partial charge is 0.129 e. The fraction of sp³-hybridized carbons (Fsp3) is 0.462. The summed E-state index contributed by atoms with van der Waals surface area (Å²) in [5.41, 5.74) is 1.41. The third kappa shape index (κ3) is 6.41. The van der Waals surface area contributed by atoms with Crippen LogP contribution in [0.15, 0.2) is 30.3 Å². The first-order valence-corrected chi connectivity index (χ1v) is 5.12. The van der Waals surface area contributed by atoms with E-state index in [1.54, 1.807) is 6.92 Å². The molecule has 1 aromatic rings. The van der Waals surface area contributed by atoms with E-state index in [0.29, 0.717) is 12.3 Å². The highest BCUT2D eigenvalue weighted by Crippen LogP contribution is 2.11. The van der Waals surface area contributed by atoms with Gasteiger partial charge in [0.2, 0.25) is 0 Å². The van der Waals surface area contributed by atoms with Crippen molar-refractivity contribution in [3.05, 3.63) is 35.9 Å². The molecule has 0 fully saturated rings. The van der Waals surface area contributed by atoms with Gasteiger partial charge in [0.1, 0.15) is 5.78 Å². The summed E-state index contributed by atoms with van der Waals surface area (Å²) in [7, 11) is 0. The summed E-state index contributed by atoms with van der Waals surface area (Å²) in [5, 5.41) is 0. The number of carbonyl (C=O) groups is 1. The molecule has 0 atom stereocenters. The topological polar surface area (TPSA) is 17.1 Å². The molecule has 0 aliphatic rings. The van der Waals surface area contributed by atoms with Crippen molar-refractivity contribution in [3.63, 3.8) is 0 Å². The molecule has 1 heteroatoms. The molecule has 0 aromatic heterocycles. The molecule has 0 N–H and O–H groups in total. The number of carbonyl (C=O) groups excluding carboxylic acids is 1. The van der Waals surface area contributed by atoms with Crippen molar-refractivity contribution in [1.82, 2.24) is 0 Å². The maximum atomic E-state index is 9.81. The van der Waals surface area contributed by atoms with E-state index in [1.807, 2.05) is 13.0 Å². The van der Waals surface area contributed by atoms with Gasteiger partial charge in [0.25, 0.3) is 0 Å². The number of ketones is 1. The average molecular weight is 192 g/mol. The lowest BCUT2D eigenvalue weighted by Crippen LogP contribution is -1.83. The van der Waals surface area contributed by atoms with Gasteiger partial charge in [-0.15, -0.1) is 0 Å². The molecule has 0 saturated carbocycles. The normalized spacial score (nSPS) is 9.21. The summed E-state index contributed by atoms with van der Waals surface area (Å²) in [5.74, 6) is 0.913. The van der Waals surface area contributed by atoms with Crippen molar-refractivity contribution >= 4 is 5.78 Å². The highest BCUT2D eigenvalue weighted by atomic mass is 16.1. The second-order valence-corrected chi connectivity index (χ2v) is 3.62. The first-order valence-electron chi connectivity index (χ1n) is 5.12. The van der Waals surface area contributed by atoms with E-state index in [0.717, 1.165) is 0 Å². The SMILES string of the molecule is CC(C)c1ccccc1.CCC(C)=O. The highest BCUT2D eigenvalue weighted by Gasteiger charge is 1.93. The molecular weight excluding hydrogens is 172 g/mol. The Morgan fingerprint density at radius 3 is 1.86 bits per heavy atom. The van der Waals surface area contributed by atoms with Crippen molar-refractivity contribution in [1.29, 1.82) is 0 Å². The lowest BCUT2D eigenvalue weighted by molar-refractivity contribution is -0.116. The van der Waals surface area contributed by atoms with Crippen LogP contribution in [0.3, 0.4) is 0 Å². The number of hydrogen-bond donors (Lipinski definition) is 0. The van der Waals surface area contributed by atoms with Gasteiger partial charge < -0.3 is 4.79 Å². The Kier molecular flexibility index (Phi) is 6.73. The van der Waals surface area contributed by atoms with Crippen molar-refractivity contribution in [2.45, 2.75) is 40.0 Å². The number of benzene rings is 1. The molecule has 0 bridgehead atoms. The summed E-state index contributed by atoms with van der Waals surface area (Å²) < 4.78 is 0. The molecule has 0 radical (unpaired) electrons. The van der Waals surface area contributed by atoms with Gasteiger partial charge in [-0.1, -0.05) is 51.1 Å². The Morgan fingerprint density at radius 2 is 1.64 bits per heavy atom. The van der Waals surface area contributed by atoms with Crippen LogP contribution in [0.2, 0.25) is 0 Å². The number of Topliss-reactive ketones (excluding diaryl/α,β-unsaturated/α-hetero) is 1. The minimum atomic E-state index is 0.255. The Morgan fingerprint density at radius 1 is 1.21 bits per heavy atom. The van der Waals surface area contributed by atoms with E-state index in [9.17, 15) is 4.79 Å². The largest absolute Gasteiger partial charge is 0.300 e. The van der Waals surface area contributed by atoms with Crippen molar-refractivity contribution < 1.29 is 4.79 Å². The van der Waals surface area contributed by atoms with Gasteiger partial charge >= 0.3 is 0 Å². The zero-order valence-corrected chi connectivity index (χ0v) is 9.58. The average Bonchev–Trinajstić information content (AvgIpc) is 2.20. The fourth-order valence-corrected chi connectivity index (χ4v) is 0.838. The maximum Gasteiger partial charge on any atom is 0.129 e. The van der Waals surface area contributed by atoms with Gasteiger partial charge in [-0.25, -0.2) is 0 Å². The summed E-state index contributed by atoms with van der Waals surface area (Å²) in [6, 6.07) is 10.5.